The molecule has 0 aromatic heterocycles. The fourth-order valence-corrected chi connectivity index (χ4v) is 5.65. The Kier molecular flexibility index (Phi) is 4.97. The zero-order valence-corrected chi connectivity index (χ0v) is 17.3. The van der Waals surface area contributed by atoms with Gasteiger partial charge >= 0.3 is 0 Å². The molecule has 0 bridgehead atoms. The zero-order valence-electron chi connectivity index (χ0n) is 16.5. The first-order chi connectivity index (χ1) is 14.1. The van der Waals surface area contributed by atoms with Crippen LogP contribution in [0.5, 0.6) is 11.5 Å². The van der Waals surface area contributed by atoms with Crippen LogP contribution in [0.2, 0.25) is 0 Å². The highest BCUT2D eigenvalue weighted by molar-refractivity contribution is 7.92. The number of sulfone groups is 1. The molecule has 0 spiro atoms. The minimum atomic E-state index is -3.48. The van der Waals surface area contributed by atoms with Crippen molar-refractivity contribution >= 4 is 9.84 Å². The Labute approximate surface area is 171 Å². The molecule has 3 heterocycles. The largest absolute Gasteiger partial charge is 0.492 e. The predicted molar refractivity (Wildman–Crippen MR) is 110 cm³/mol. The van der Waals surface area contributed by atoms with E-state index in [1.807, 2.05) is 12.1 Å². The highest BCUT2D eigenvalue weighted by Gasteiger charge is 2.33. The van der Waals surface area contributed by atoms with E-state index in [0.29, 0.717) is 45.6 Å². The van der Waals surface area contributed by atoms with Gasteiger partial charge in [0.05, 0.1) is 9.79 Å². The normalized spacial score (nSPS) is 19.7. The fraction of sp³-hybridized carbons (Fsp3) is 0.455. The molecule has 7 heteroatoms. The summed E-state index contributed by atoms with van der Waals surface area (Å²) >= 11 is 0. The molecule has 2 fully saturated rings. The summed E-state index contributed by atoms with van der Waals surface area (Å²) in [6, 6.07) is 10.5. The molecule has 0 atom stereocenters. The number of benzene rings is 2. The SMILES string of the molecule is O=S1(=O)c2ccc(OCCN3CCC3)cc2-c2cc(OCCN3CCC3)ccc21. The molecule has 3 aliphatic heterocycles. The van der Waals surface area contributed by atoms with E-state index >= 15 is 0 Å². The molecule has 6 nitrogen and oxygen atoms in total. The van der Waals surface area contributed by atoms with Crippen LogP contribution in [-0.4, -0.2) is 70.7 Å². The summed E-state index contributed by atoms with van der Waals surface area (Å²) in [5, 5.41) is 0. The molecular weight excluding hydrogens is 388 g/mol. The molecule has 154 valence electrons. The lowest BCUT2D eigenvalue weighted by Crippen LogP contribution is -2.39. The zero-order chi connectivity index (χ0) is 19.8. The Morgan fingerprint density at radius 2 is 1.17 bits per heavy atom. The smallest absolute Gasteiger partial charge is 0.207 e. The van der Waals surface area contributed by atoms with Crippen LogP contribution in [0.4, 0.5) is 0 Å². The number of fused-ring (bicyclic) bond motifs is 3. The van der Waals surface area contributed by atoms with Crippen LogP contribution < -0.4 is 9.47 Å². The molecule has 3 aliphatic rings. The summed E-state index contributed by atoms with van der Waals surface area (Å²) in [5.74, 6) is 1.41. The Bertz CT molecular complexity index is 938. The first-order valence-electron chi connectivity index (χ1n) is 10.4. The van der Waals surface area contributed by atoms with E-state index < -0.39 is 9.84 Å². The second kappa shape index (κ2) is 7.63. The number of nitrogens with zero attached hydrogens (tertiary/aromatic N) is 2. The Balaban J connectivity index is 1.34. The highest BCUT2D eigenvalue weighted by Crippen LogP contribution is 2.45. The monoisotopic (exact) mass is 414 g/mol. The predicted octanol–water partition coefficient (Wildman–Crippen LogP) is 2.67. The molecule has 0 N–H and O–H groups in total. The van der Waals surface area contributed by atoms with E-state index in [0.717, 1.165) is 39.3 Å². The van der Waals surface area contributed by atoms with Crippen molar-refractivity contribution in [1.29, 1.82) is 0 Å². The highest BCUT2D eigenvalue weighted by atomic mass is 32.2. The quantitative estimate of drug-likeness (QED) is 0.565. The lowest BCUT2D eigenvalue weighted by atomic mass is 10.1. The molecular formula is C22H26N2O4S. The Morgan fingerprint density at radius 1 is 0.724 bits per heavy atom. The van der Waals surface area contributed by atoms with Crippen molar-refractivity contribution in [3.8, 4) is 22.6 Å². The van der Waals surface area contributed by atoms with Crippen molar-refractivity contribution in [2.24, 2.45) is 0 Å². The van der Waals surface area contributed by atoms with Crippen molar-refractivity contribution < 1.29 is 17.9 Å². The third kappa shape index (κ3) is 3.63. The van der Waals surface area contributed by atoms with Gasteiger partial charge in [-0.3, -0.25) is 9.80 Å². The van der Waals surface area contributed by atoms with Crippen LogP contribution in [-0.2, 0) is 9.84 Å². The van der Waals surface area contributed by atoms with E-state index in [9.17, 15) is 8.42 Å². The Hall–Kier alpha value is -2.09. The Morgan fingerprint density at radius 3 is 1.55 bits per heavy atom. The van der Waals surface area contributed by atoms with Crippen molar-refractivity contribution in [3.05, 3.63) is 36.4 Å². The van der Waals surface area contributed by atoms with Gasteiger partial charge in [0.15, 0.2) is 0 Å². The van der Waals surface area contributed by atoms with Crippen LogP contribution >= 0.6 is 0 Å². The average molecular weight is 415 g/mol. The summed E-state index contributed by atoms with van der Waals surface area (Å²) in [5.41, 5.74) is 1.41. The van der Waals surface area contributed by atoms with Gasteiger partial charge in [0.2, 0.25) is 9.84 Å². The summed E-state index contributed by atoms with van der Waals surface area (Å²) in [7, 11) is -3.48. The van der Waals surface area contributed by atoms with Gasteiger partial charge in [0, 0.05) is 24.2 Å². The second-order valence-corrected chi connectivity index (χ2v) is 9.79. The molecule has 0 amide bonds. The van der Waals surface area contributed by atoms with Gasteiger partial charge in [-0.25, -0.2) is 8.42 Å². The van der Waals surface area contributed by atoms with Crippen molar-refractivity contribution in [1.82, 2.24) is 9.80 Å². The lowest BCUT2D eigenvalue weighted by Gasteiger charge is -2.30. The van der Waals surface area contributed by atoms with Crippen molar-refractivity contribution in [3.63, 3.8) is 0 Å². The number of rotatable bonds is 8. The summed E-state index contributed by atoms with van der Waals surface area (Å²) < 4.78 is 37.6. The van der Waals surface area contributed by atoms with E-state index in [-0.39, 0.29) is 0 Å². The maximum Gasteiger partial charge on any atom is 0.207 e. The number of ether oxygens (including phenoxy) is 2. The molecule has 5 rings (SSSR count). The van der Waals surface area contributed by atoms with E-state index in [4.69, 9.17) is 9.47 Å². The standard InChI is InChI=1S/C22H26N2O4S/c25-29(26)21-5-3-17(27-13-11-23-7-1-8-23)15-19(21)20-16-18(4-6-22(20)29)28-14-12-24-9-2-10-24/h3-6,15-16H,1-2,7-14H2. The first-order valence-corrected chi connectivity index (χ1v) is 11.8. The molecule has 0 aliphatic carbocycles. The molecule has 2 aromatic rings. The van der Waals surface area contributed by atoms with Crippen LogP contribution in [0.25, 0.3) is 11.1 Å². The van der Waals surface area contributed by atoms with Crippen LogP contribution in [0, 0.1) is 0 Å². The fourth-order valence-electron chi connectivity index (χ4n) is 4.00. The van der Waals surface area contributed by atoms with Gasteiger partial charge in [-0.2, -0.15) is 0 Å². The summed E-state index contributed by atoms with van der Waals surface area (Å²) in [6.07, 6.45) is 2.52. The topological polar surface area (TPSA) is 59.1 Å². The van der Waals surface area contributed by atoms with Gasteiger partial charge in [0.1, 0.15) is 24.7 Å². The minimum Gasteiger partial charge on any atom is -0.492 e. The molecule has 0 saturated carbocycles. The molecule has 2 saturated heterocycles. The van der Waals surface area contributed by atoms with Crippen molar-refractivity contribution in [2.45, 2.75) is 22.6 Å². The maximum atomic E-state index is 12.9. The lowest BCUT2D eigenvalue weighted by molar-refractivity contribution is 0.147. The van der Waals surface area contributed by atoms with E-state index in [1.54, 1.807) is 24.3 Å². The van der Waals surface area contributed by atoms with Gasteiger partial charge in [0.25, 0.3) is 0 Å². The molecule has 0 unspecified atom stereocenters. The molecule has 2 aromatic carbocycles. The van der Waals surface area contributed by atoms with Crippen molar-refractivity contribution in [2.75, 3.05) is 52.5 Å². The minimum absolute atomic E-state index is 0.348. The second-order valence-electron chi connectivity index (χ2n) is 7.91. The van der Waals surface area contributed by atoms with Gasteiger partial charge in [-0.1, -0.05) is 0 Å². The first kappa shape index (κ1) is 18.9. The van der Waals surface area contributed by atoms with Crippen LogP contribution in [0.15, 0.2) is 46.2 Å². The number of hydrogen-bond acceptors (Lipinski definition) is 6. The van der Waals surface area contributed by atoms with E-state index in [2.05, 4.69) is 9.80 Å². The summed E-state index contributed by atoms with van der Waals surface area (Å²) in [4.78, 5) is 5.38. The van der Waals surface area contributed by atoms with E-state index in [1.165, 1.54) is 12.8 Å². The molecule has 0 radical (unpaired) electrons. The van der Waals surface area contributed by atoms with Gasteiger partial charge in [-0.15, -0.1) is 0 Å². The summed E-state index contributed by atoms with van der Waals surface area (Å²) in [6.45, 7) is 7.58. The third-order valence-corrected chi connectivity index (χ3v) is 7.89. The van der Waals surface area contributed by atoms with Crippen LogP contribution in [0.3, 0.4) is 0 Å². The van der Waals surface area contributed by atoms with Gasteiger partial charge < -0.3 is 9.47 Å². The number of hydrogen-bond donors (Lipinski definition) is 0. The maximum absolute atomic E-state index is 12.9. The average Bonchev–Trinajstić information content (AvgIpc) is 2.86. The molecule has 29 heavy (non-hydrogen) atoms. The number of likely N-dealkylation sites (tertiary alicyclic amines) is 2. The third-order valence-electron chi connectivity index (χ3n) is 6.02. The van der Waals surface area contributed by atoms with Crippen LogP contribution in [0.1, 0.15) is 12.8 Å². The van der Waals surface area contributed by atoms with Gasteiger partial charge in [-0.05, 0) is 75.4 Å².